The van der Waals surface area contributed by atoms with E-state index in [1.54, 1.807) is 0 Å². The van der Waals surface area contributed by atoms with E-state index in [1.807, 2.05) is 0 Å². The molecule has 0 aliphatic rings. The van der Waals surface area contributed by atoms with Gasteiger partial charge in [0.05, 0.1) is 0 Å². The molecule has 0 aromatic carbocycles. The van der Waals surface area contributed by atoms with Gasteiger partial charge in [-0.3, -0.25) is 14.4 Å². The van der Waals surface area contributed by atoms with E-state index >= 15 is 0 Å². The number of esters is 3. The predicted molar refractivity (Wildman–Crippen MR) is 243 cm³/mol. The average molecular weight is 807 g/mol. The summed E-state index contributed by atoms with van der Waals surface area (Å²) in [5.74, 6) is 0.886. The molecule has 0 fully saturated rings. The zero-order valence-electron chi connectivity index (χ0n) is 39.0. The normalized spacial score (nSPS) is 13.0. The third kappa shape index (κ3) is 42.3. The molecule has 0 heterocycles. The lowest BCUT2D eigenvalue weighted by Crippen LogP contribution is -2.30. The van der Waals surface area contributed by atoms with Crippen LogP contribution >= 0.6 is 0 Å². The van der Waals surface area contributed by atoms with Gasteiger partial charge in [-0.05, 0) is 31.1 Å². The first-order valence-corrected chi connectivity index (χ1v) is 25.3. The number of ether oxygens (including phenoxy) is 3. The standard InChI is InChI=1S/C51H98O6/c1-6-9-10-11-12-19-26-31-36-41-49(52)55-44-48(57-51(54)43-38-33-28-23-22-25-30-35-40-47(5)8-3)45-56-50(53)42-37-32-27-21-18-16-14-13-15-17-20-24-29-34-39-46(4)7-2/h46-48H,6-45H2,1-5H3/t46?,47?,48-/m1/s1. The van der Waals surface area contributed by atoms with Gasteiger partial charge in [0.1, 0.15) is 13.2 Å². The molecule has 0 saturated carbocycles. The monoisotopic (exact) mass is 807 g/mol. The van der Waals surface area contributed by atoms with Crippen LogP contribution in [0, 0.1) is 11.8 Å². The molecular formula is C51H98O6. The Morgan fingerprint density at radius 2 is 0.614 bits per heavy atom. The van der Waals surface area contributed by atoms with Crippen molar-refractivity contribution in [2.45, 2.75) is 285 Å². The summed E-state index contributed by atoms with van der Waals surface area (Å²) in [7, 11) is 0. The van der Waals surface area contributed by atoms with Crippen LogP contribution in [0.3, 0.4) is 0 Å². The Morgan fingerprint density at radius 1 is 0.351 bits per heavy atom. The summed E-state index contributed by atoms with van der Waals surface area (Å²) in [6, 6.07) is 0. The van der Waals surface area contributed by atoms with Crippen LogP contribution < -0.4 is 0 Å². The lowest BCUT2D eigenvalue weighted by Gasteiger charge is -2.18. The van der Waals surface area contributed by atoms with Crippen molar-refractivity contribution in [3.8, 4) is 0 Å². The Balaban J connectivity index is 4.25. The van der Waals surface area contributed by atoms with E-state index in [9.17, 15) is 14.4 Å². The molecule has 0 aromatic heterocycles. The van der Waals surface area contributed by atoms with Crippen LogP contribution in [0.25, 0.3) is 0 Å². The summed E-state index contributed by atoms with van der Waals surface area (Å²) in [5, 5.41) is 0. The van der Waals surface area contributed by atoms with Crippen molar-refractivity contribution in [1.29, 1.82) is 0 Å². The van der Waals surface area contributed by atoms with Crippen LogP contribution in [0.15, 0.2) is 0 Å². The Kier molecular flexibility index (Phi) is 42.7. The first-order valence-electron chi connectivity index (χ1n) is 25.3. The molecule has 338 valence electrons. The molecule has 0 radical (unpaired) electrons. The molecule has 0 spiro atoms. The van der Waals surface area contributed by atoms with E-state index in [1.165, 1.54) is 167 Å². The maximum Gasteiger partial charge on any atom is 0.306 e. The van der Waals surface area contributed by atoms with Gasteiger partial charge in [-0.25, -0.2) is 0 Å². The van der Waals surface area contributed by atoms with Crippen LogP contribution in [0.5, 0.6) is 0 Å². The third-order valence-corrected chi connectivity index (χ3v) is 12.2. The molecule has 2 unspecified atom stereocenters. The zero-order chi connectivity index (χ0) is 41.9. The van der Waals surface area contributed by atoms with Crippen molar-refractivity contribution < 1.29 is 28.6 Å². The van der Waals surface area contributed by atoms with E-state index < -0.39 is 6.10 Å². The fourth-order valence-electron chi connectivity index (χ4n) is 7.57. The van der Waals surface area contributed by atoms with Crippen LogP contribution in [-0.4, -0.2) is 37.2 Å². The third-order valence-electron chi connectivity index (χ3n) is 12.2. The number of hydrogen-bond donors (Lipinski definition) is 0. The van der Waals surface area contributed by atoms with Gasteiger partial charge in [-0.1, -0.05) is 240 Å². The SMILES string of the molecule is CCCCCCCCCCCC(=O)OC[C@H](COC(=O)CCCCCCCCCCCCCCCCC(C)CC)OC(=O)CCCCCCCCCCC(C)CC. The van der Waals surface area contributed by atoms with Gasteiger partial charge in [0.15, 0.2) is 6.10 Å². The van der Waals surface area contributed by atoms with Crippen molar-refractivity contribution in [2.75, 3.05) is 13.2 Å². The summed E-state index contributed by atoms with van der Waals surface area (Å²) in [4.78, 5) is 37.8. The van der Waals surface area contributed by atoms with Gasteiger partial charge in [0.25, 0.3) is 0 Å². The number of carbonyl (C=O) groups is 3. The number of unbranched alkanes of at least 4 members (excludes halogenated alkanes) is 28. The van der Waals surface area contributed by atoms with E-state index in [-0.39, 0.29) is 31.1 Å². The van der Waals surface area contributed by atoms with Crippen molar-refractivity contribution >= 4 is 17.9 Å². The van der Waals surface area contributed by atoms with Gasteiger partial charge < -0.3 is 14.2 Å². The lowest BCUT2D eigenvalue weighted by molar-refractivity contribution is -0.167. The molecule has 6 heteroatoms. The second-order valence-electron chi connectivity index (χ2n) is 17.9. The highest BCUT2D eigenvalue weighted by molar-refractivity contribution is 5.71. The Hall–Kier alpha value is -1.59. The molecule has 0 aliphatic heterocycles. The molecule has 0 amide bonds. The van der Waals surface area contributed by atoms with Gasteiger partial charge in [0.2, 0.25) is 0 Å². The Morgan fingerprint density at radius 3 is 0.912 bits per heavy atom. The molecule has 0 rings (SSSR count). The number of rotatable bonds is 45. The first-order chi connectivity index (χ1) is 27.8. The van der Waals surface area contributed by atoms with Crippen molar-refractivity contribution in [2.24, 2.45) is 11.8 Å². The summed E-state index contributed by atoms with van der Waals surface area (Å²) in [6.45, 7) is 11.4. The smallest absolute Gasteiger partial charge is 0.306 e. The van der Waals surface area contributed by atoms with Crippen LogP contribution in [-0.2, 0) is 28.6 Å². The van der Waals surface area contributed by atoms with Gasteiger partial charge in [-0.15, -0.1) is 0 Å². The van der Waals surface area contributed by atoms with E-state index in [4.69, 9.17) is 14.2 Å². The Bertz CT molecular complexity index is 874. The predicted octanol–water partition coefficient (Wildman–Crippen LogP) is 16.1. The van der Waals surface area contributed by atoms with Gasteiger partial charge in [0, 0.05) is 19.3 Å². The second-order valence-corrected chi connectivity index (χ2v) is 17.9. The largest absolute Gasteiger partial charge is 0.462 e. The van der Waals surface area contributed by atoms with Crippen LogP contribution in [0.4, 0.5) is 0 Å². The van der Waals surface area contributed by atoms with E-state index in [0.29, 0.717) is 19.3 Å². The average Bonchev–Trinajstić information content (AvgIpc) is 3.21. The molecule has 0 aliphatic carbocycles. The highest BCUT2D eigenvalue weighted by Crippen LogP contribution is 2.18. The molecule has 57 heavy (non-hydrogen) atoms. The number of carbonyl (C=O) groups excluding carboxylic acids is 3. The molecule has 0 N–H and O–H groups in total. The molecule has 0 saturated heterocycles. The maximum absolute atomic E-state index is 12.7. The van der Waals surface area contributed by atoms with Gasteiger partial charge in [-0.2, -0.15) is 0 Å². The van der Waals surface area contributed by atoms with Gasteiger partial charge >= 0.3 is 17.9 Å². The first kappa shape index (κ1) is 55.4. The van der Waals surface area contributed by atoms with E-state index in [0.717, 1.165) is 69.6 Å². The minimum Gasteiger partial charge on any atom is -0.462 e. The topological polar surface area (TPSA) is 78.9 Å². The highest BCUT2D eigenvalue weighted by Gasteiger charge is 2.19. The minimum absolute atomic E-state index is 0.0643. The quantitative estimate of drug-likeness (QED) is 0.0346. The lowest BCUT2D eigenvalue weighted by atomic mass is 9.99. The van der Waals surface area contributed by atoms with Crippen molar-refractivity contribution in [3.05, 3.63) is 0 Å². The maximum atomic E-state index is 12.7. The Labute approximate surface area is 355 Å². The molecule has 0 bridgehead atoms. The van der Waals surface area contributed by atoms with Crippen molar-refractivity contribution in [1.82, 2.24) is 0 Å². The molecule has 6 nitrogen and oxygen atoms in total. The summed E-state index contributed by atoms with van der Waals surface area (Å²) in [6.07, 6.45) is 43.7. The zero-order valence-corrected chi connectivity index (χ0v) is 39.0. The van der Waals surface area contributed by atoms with Crippen LogP contribution in [0.2, 0.25) is 0 Å². The fourth-order valence-corrected chi connectivity index (χ4v) is 7.57. The summed E-state index contributed by atoms with van der Waals surface area (Å²) in [5.41, 5.74) is 0. The van der Waals surface area contributed by atoms with Crippen molar-refractivity contribution in [3.63, 3.8) is 0 Å². The molecular weight excluding hydrogens is 709 g/mol. The number of hydrogen-bond acceptors (Lipinski definition) is 6. The molecule has 3 atom stereocenters. The minimum atomic E-state index is -0.761. The summed E-state index contributed by atoms with van der Waals surface area (Å²) >= 11 is 0. The van der Waals surface area contributed by atoms with E-state index in [2.05, 4.69) is 34.6 Å². The summed E-state index contributed by atoms with van der Waals surface area (Å²) < 4.78 is 16.8. The second kappa shape index (κ2) is 44.0. The van der Waals surface area contributed by atoms with Crippen LogP contribution in [0.1, 0.15) is 279 Å². The highest BCUT2D eigenvalue weighted by atomic mass is 16.6. The fraction of sp³-hybridized carbons (Fsp3) is 0.941. The molecule has 0 aromatic rings.